The minimum atomic E-state index is -4.57. The summed E-state index contributed by atoms with van der Waals surface area (Å²) in [5.74, 6) is -1.36. The van der Waals surface area contributed by atoms with E-state index < -0.39 is 35.1 Å². The number of rotatable bonds is 2. The smallest absolute Gasteiger partial charge is 0.368 e. The Hall–Kier alpha value is -2.12. The van der Waals surface area contributed by atoms with Crippen LogP contribution in [-0.2, 0) is 16.4 Å². The van der Waals surface area contributed by atoms with Crippen molar-refractivity contribution < 1.29 is 27.2 Å². The van der Waals surface area contributed by atoms with Gasteiger partial charge >= 0.3 is 6.18 Å². The van der Waals surface area contributed by atoms with Gasteiger partial charge in [-0.05, 0) is 30.2 Å². The third-order valence-corrected chi connectivity index (χ3v) is 4.20. The summed E-state index contributed by atoms with van der Waals surface area (Å²) in [6.07, 6.45) is -5.87. The zero-order valence-corrected chi connectivity index (χ0v) is 11.3. The van der Waals surface area contributed by atoms with Gasteiger partial charge in [0.15, 0.2) is 0 Å². The summed E-state index contributed by atoms with van der Waals surface area (Å²) in [5.41, 5.74) is 3.06. The highest BCUT2D eigenvalue weighted by atomic mass is 19.4. The first-order chi connectivity index (χ1) is 10.1. The number of amides is 2. The summed E-state index contributed by atoms with van der Waals surface area (Å²) in [6, 6.07) is 2.67. The Bertz CT molecular complexity index is 673. The maximum absolute atomic E-state index is 13.9. The summed E-state index contributed by atoms with van der Waals surface area (Å²) in [4.78, 5) is 24.4. The summed E-state index contributed by atoms with van der Waals surface area (Å²) in [6.45, 7) is -0.516. The molecule has 2 aliphatic rings. The summed E-state index contributed by atoms with van der Waals surface area (Å²) >= 11 is 0. The minimum absolute atomic E-state index is 0.000602. The molecule has 4 nitrogen and oxygen atoms in total. The lowest BCUT2D eigenvalue weighted by Crippen LogP contribution is -2.48. The molecule has 1 aromatic carbocycles. The van der Waals surface area contributed by atoms with Gasteiger partial charge < -0.3 is 10.6 Å². The molecule has 8 heteroatoms. The molecular formula is C14H12F4N2O2. The van der Waals surface area contributed by atoms with Crippen molar-refractivity contribution in [1.29, 1.82) is 0 Å². The molecule has 1 aliphatic heterocycles. The number of fused-ring (bicyclic) bond motifs is 2. The first-order valence-electron chi connectivity index (χ1n) is 6.58. The molecule has 0 unspecified atom stereocenters. The monoisotopic (exact) mass is 316 g/mol. The molecule has 1 saturated carbocycles. The Morgan fingerprint density at radius 3 is 2.55 bits per heavy atom. The maximum atomic E-state index is 13.9. The van der Waals surface area contributed by atoms with Crippen molar-refractivity contribution in [3.8, 4) is 0 Å². The molecule has 1 aliphatic carbocycles. The fourth-order valence-corrected chi connectivity index (χ4v) is 3.01. The average molecular weight is 316 g/mol. The molecule has 2 atom stereocenters. The van der Waals surface area contributed by atoms with Crippen LogP contribution < -0.4 is 5.73 Å². The number of nitrogens with zero attached hydrogens (tertiary/aromatic N) is 1. The molecule has 1 fully saturated rings. The molecule has 118 valence electrons. The van der Waals surface area contributed by atoms with E-state index in [2.05, 4.69) is 0 Å². The second-order valence-corrected chi connectivity index (χ2v) is 5.71. The van der Waals surface area contributed by atoms with Gasteiger partial charge in [0.2, 0.25) is 5.91 Å². The summed E-state index contributed by atoms with van der Waals surface area (Å²) in [7, 11) is 0. The molecule has 1 heterocycles. The van der Waals surface area contributed by atoms with E-state index in [4.69, 9.17) is 5.73 Å². The highest BCUT2D eigenvalue weighted by molar-refractivity contribution is 5.99. The molecule has 2 amide bonds. The maximum Gasteiger partial charge on any atom is 0.416 e. The number of carbonyl (C=O) groups is 2. The molecule has 0 radical (unpaired) electrons. The van der Waals surface area contributed by atoms with E-state index in [1.54, 1.807) is 0 Å². The van der Waals surface area contributed by atoms with E-state index in [1.165, 1.54) is 0 Å². The van der Waals surface area contributed by atoms with Gasteiger partial charge in [-0.2, -0.15) is 13.2 Å². The predicted octanol–water partition coefficient (Wildman–Crippen LogP) is 1.63. The van der Waals surface area contributed by atoms with E-state index in [-0.39, 0.29) is 30.6 Å². The van der Waals surface area contributed by atoms with Gasteiger partial charge in [0.25, 0.3) is 5.91 Å². The molecule has 2 N–H and O–H groups in total. The van der Waals surface area contributed by atoms with Gasteiger partial charge in [0.1, 0.15) is 6.17 Å². The zero-order chi connectivity index (χ0) is 16.3. The quantitative estimate of drug-likeness (QED) is 0.843. The van der Waals surface area contributed by atoms with Crippen molar-refractivity contribution >= 4 is 11.8 Å². The lowest BCUT2D eigenvalue weighted by atomic mass is 9.85. The number of hydrogen-bond acceptors (Lipinski definition) is 2. The Labute approximate surface area is 122 Å². The topological polar surface area (TPSA) is 63.4 Å². The van der Waals surface area contributed by atoms with Crippen LogP contribution in [0.2, 0.25) is 0 Å². The van der Waals surface area contributed by atoms with Gasteiger partial charge in [-0.15, -0.1) is 0 Å². The van der Waals surface area contributed by atoms with Crippen LogP contribution in [0.1, 0.15) is 27.9 Å². The van der Waals surface area contributed by atoms with Crippen LogP contribution in [-0.4, -0.2) is 36.0 Å². The fraction of sp³-hybridized carbons (Fsp3) is 0.429. The number of carbonyl (C=O) groups excluding carboxylic acids is 2. The number of benzene rings is 1. The van der Waals surface area contributed by atoms with Crippen LogP contribution in [0.15, 0.2) is 18.2 Å². The molecule has 0 aromatic heterocycles. The van der Waals surface area contributed by atoms with Crippen molar-refractivity contribution in [1.82, 2.24) is 4.90 Å². The van der Waals surface area contributed by atoms with E-state index in [0.29, 0.717) is 0 Å². The second kappa shape index (κ2) is 4.44. The van der Waals surface area contributed by atoms with E-state index >= 15 is 0 Å². The van der Waals surface area contributed by atoms with Crippen molar-refractivity contribution in [3.05, 3.63) is 34.9 Å². The Kier molecular flexibility index (Phi) is 2.99. The molecule has 1 spiro atoms. The standard InChI is InChI=1S/C14H12F4N2O2/c15-10-4-13(10)6-20(5-11(19)21)12(22)8-2-1-7(3-9(8)13)14(16,17)18/h1-3,10H,4-6H2,(H2,19,21)/t10-,13-/m0/s1. The van der Waals surface area contributed by atoms with Gasteiger partial charge in [-0.1, -0.05) is 0 Å². The van der Waals surface area contributed by atoms with Crippen LogP contribution in [0.5, 0.6) is 0 Å². The van der Waals surface area contributed by atoms with Crippen molar-refractivity contribution in [2.24, 2.45) is 5.73 Å². The van der Waals surface area contributed by atoms with Gasteiger partial charge in [-0.25, -0.2) is 4.39 Å². The highest BCUT2D eigenvalue weighted by Gasteiger charge is 2.61. The summed E-state index contributed by atoms with van der Waals surface area (Å²) in [5, 5.41) is 0. The number of alkyl halides is 4. The van der Waals surface area contributed by atoms with Crippen molar-refractivity contribution in [3.63, 3.8) is 0 Å². The SMILES string of the molecule is NC(=O)CN1C[C@@]2(C[C@@H]2F)c2cc(C(F)(F)F)ccc2C1=O. The second-order valence-electron chi connectivity index (χ2n) is 5.71. The number of halogens is 4. The van der Waals surface area contributed by atoms with Gasteiger partial charge in [0, 0.05) is 17.5 Å². The van der Waals surface area contributed by atoms with Crippen LogP contribution in [0.25, 0.3) is 0 Å². The van der Waals surface area contributed by atoms with Crippen LogP contribution in [0.4, 0.5) is 17.6 Å². The van der Waals surface area contributed by atoms with Crippen LogP contribution in [0.3, 0.4) is 0 Å². The molecule has 22 heavy (non-hydrogen) atoms. The molecule has 0 saturated heterocycles. The number of primary amides is 1. The van der Waals surface area contributed by atoms with Crippen molar-refractivity contribution in [2.75, 3.05) is 13.1 Å². The fourth-order valence-electron chi connectivity index (χ4n) is 3.01. The molecular weight excluding hydrogens is 304 g/mol. The third-order valence-electron chi connectivity index (χ3n) is 4.20. The normalized spacial score (nSPS) is 27.0. The minimum Gasteiger partial charge on any atom is -0.368 e. The predicted molar refractivity (Wildman–Crippen MR) is 67.7 cm³/mol. The number of hydrogen-bond donors (Lipinski definition) is 1. The molecule has 1 aromatic rings. The highest BCUT2D eigenvalue weighted by Crippen LogP contribution is 2.55. The third kappa shape index (κ3) is 2.13. The lowest BCUT2D eigenvalue weighted by molar-refractivity contribution is -0.137. The Balaban J connectivity index is 2.08. The summed E-state index contributed by atoms with van der Waals surface area (Å²) < 4.78 is 52.3. The van der Waals surface area contributed by atoms with Gasteiger partial charge in [0.05, 0.1) is 12.1 Å². The van der Waals surface area contributed by atoms with E-state index in [9.17, 15) is 27.2 Å². The Morgan fingerprint density at radius 2 is 2.05 bits per heavy atom. The van der Waals surface area contributed by atoms with Crippen LogP contribution >= 0.6 is 0 Å². The van der Waals surface area contributed by atoms with E-state index in [1.807, 2.05) is 0 Å². The first kappa shape index (κ1) is 14.8. The average Bonchev–Trinajstić information content (AvgIpc) is 3.04. The van der Waals surface area contributed by atoms with E-state index in [0.717, 1.165) is 23.1 Å². The van der Waals surface area contributed by atoms with Crippen molar-refractivity contribution in [2.45, 2.75) is 24.2 Å². The first-order valence-corrected chi connectivity index (χ1v) is 6.58. The largest absolute Gasteiger partial charge is 0.416 e. The Morgan fingerprint density at radius 1 is 1.41 bits per heavy atom. The zero-order valence-electron chi connectivity index (χ0n) is 11.3. The molecule has 0 bridgehead atoms. The number of nitrogens with two attached hydrogens (primary N) is 1. The molecule has 3 rings (SSSR count). The van der Waals surface area contributed by atoms with Crippen LogP contribution in [0, 0.1) is 0 Å². The van der Waals surface area contributed by atoms with Gasteiger partial charge in [-0.3, -0.25) is 9.59 Å². The lowest BCUT2D eigenvalue weighted by Gasteiger charge is -2.34.